The van der Waals surface area contributed by atoms with Crippen molar-refractivity contribution in [3.8, 4) is 17.6 Å². The highest BCUT2D eigenvalue weighted by Gasteiger charge is 2.14. The molecule has 0 saturated carbocycles. The average Bonchev–Trinajstić information content (AvgIpc) is 3.30. The van der Waals surface area contributed by atoms with Crippen LogP contribution in [0.4, 0.5) is 0 Å². The van der Waals surface area contributed by atoms with E-state index in [1.165, 1.54) is 0 Å². The third-order valence-corrected chi connectivity index (χ3v) is 5.88. The SMILES string of the molecule is CC#C[C@@H](CC(=O)O)c1ccc(OCc2cccc(CN(Cc3ccsc3)C(C)=O)c2)cc1. The van der Waals surface area contributed by atoms with Gasteiger partial charge in [0.15, 0.2) is 0 Å². The van der Waals surface area contributed by atoms with Crippen molar-refractivity contribution in [2.24, 2.45) is 0 Å². The Labute approximate surface area is 198 Å². The molecule has 1 amide bonds. The quantitative estimate of drug-likeness (QED) is 0.407. The number of carbonyl (C=O) groups is 2. The fourth-order valence-electron chi connectivity index (χ4n) is 3.48. The van der Waals surface area contributed by atoms with E-state index in [0.29, 0.717) is 25.4 Å². The molecule has 3 rings (SSSR count). The van der Waals surface area contributed by atoms with Gasteiger partial charge in [-0.15, -0.1) is 5.92 Å². The summed E-state index contributed by atoms with van der Waals surface area (Å²) in [5.41, 5.74) is 4.05. The Hall–Kier alpha value is -3.56. The van der Waals surface area contributed by atoms with Gasteiger partial charge in [-0.05, 0) is 58.1 Å². The summed E-state index contributed by atoms with van der Waals surface area (Å²) in [7, 11) is 0. The van der Waals surface area contributed by atoms with E-state index in [2.05, 4.69) is 23.3 Å². The summed E-state index contributed by atoms with van der Waals surface area (Å²) in [5.74, 6) is 5.28. The number of amides is 1. The Bertz CT molecular complexity index is 1130. The summed E-state index contributed by atoms with van der Waals surface area (Å²) in [5, 5.41) is 13.2. The van der Waals surface area contributed by atoms with Crippen molar-refractivity contribution in [3.63, 3.8) is 0 Å². The van der Waals surface area contributed by atoms with Gasteiger partial charge >= 0.3 is 5.97 Å². The van der Waals surface area contributed by atoms with Crippen molar-refractivity contribution in [1.82, 2.24) is 4.90 Å². The number of hydrogen-bond donors (Lipinski definition) is 1. The normalized spacial score (nSPS) is 11.2. The fourth-order valence-corrected chi connectivity index (χ4v) is 4.14. The number of hydrogen-bond acceptors (Lipinski definition) is 4. The minimum absolute atomic E-state index is 0.0302. The maximum Gasteiger partial charge on any atom is 0.304 e. The van der Waals surface area contributed by atoms with Crippen LogP contribution in [0.25, 0.3) is 0 Å². The molecule has 3 aromatic rings. The molecule has 0 aliphatic heterocycles. The number of carboxylic acid groups (broad SMARTS) is 1. The van der Waals surface area contributed by atoms with E-state index in [9.17, 15) is 9.59 Å². The Morgan fingerprint density at radius 1 is 1.06 bits per heavy atom. The van der Waals surface area contributed by atoms with Gasteiger partial charge in [0.05, 0.1) is 12.3 Å². The first kappa shape index (κ1) is 24.1. The zero-order valence-corrected chi connectivity index (χ0v) is 19.6. The van der Waals surface area contributed by atoms with Crippen LogP contribution >= 0.6 is 11.3 Å². The van der Waals surface area contributed by atoms with Crippen LogP contribution in [-0.4, -0.2) is 21.9 Å². The minimum atomic E-state index is -0.874. The second-order valence-electron chi connectivity index (χ2n) is 7.73. The zero-order valence-electron chi connectivity index (χ0n) is 18.8. The van der Waals surface area contributed by atoms with Crippen LogP contribution in [-0.2, 0) is 29.3 Å². The van der Waals surface area contributed by atoms with E-state index >= 15 is 0 Å². The van der Waals surface area contributed by atoms with Crippen molar-refractivity contribution in [2.45, 2.75) is 45.9 Å². The molecule has 0 spiro atoms. The molecular formula is C27H27NO4S. The van der Waals surface area contributed by atoms with Crippen LogP contribution in [0.2, 0.25) is 0 Å². The summed E-state index contributed by atoms with van der Waals surface area (Å²) in [6, 6.07) is 17.5. The van der Waals surface area contributed by atoms with Gasteiger partial charge in [-0.3, -0.25) is 9.59 Å². The van der Waals surface area contributed by atoms with Crippen LogP contribution in [0.3, 0.4) is 0 Å². The monoisotopic (exact) mass is 461 g/mol. The van der Waals surface area contributed by atoms with E-state index in [-0.39, 0.29) is 18.2 Å². The number of rotatable bonds is 10. The van der Waals surface area contributed by atoms with Gasteiger partial charge in [0.2, 0.25) is 5.91 Å². The minimum Gasteiger partial charge on any atom is -0.489 e. The number of aliphatic carboxylic acids is 1. The zero-order chi connectivity index (χ0) is 23.6. The molecule has 0 aliphatic rings. The summed E-state index contributed by atoms with van der Waals surface area (Å²) in [4.78, 5) is 25.0. The Morgan fingerprint density at radius 3 is 2.42 bits per heavy atom. The Balaban J connectivity index is 1.61. The summed E-state index contributed by atoms with van der Waals surface area (Å²) < 4.78 is 5.93. The van der Waals surface area contributed by atoms with E-state index in [4.69, 9.17) is 9.84 Å². The topological polar surface area (TPSA) is 66.8 Å². The molecule has 0 saturated heterocycles. The lowest BCUT2D eigenvalue weighted by Gasteiger charge is -2.21. The van der Waals surface area contributed by atoms with Crippen LogP contribution in [0.15, 0.2) is 65.4 Å². The van der Waals surface area contributed by atoms with Crippen molar-refractivity contribution in [3.05, 3.63) is 87.6 Å². The first-order chi connectivity index (χ1) is 15.9. The molecule has 0 unspecified atom stereocenters. The van der Waals surface area contributed by atoms with Crippen molar-refractivity contribution in [2.75, 3.05) is 0 Å². The summed E-state index contributed by atoms with van der Waals surface area (Å²) in [6.45, 7) is 4.83. The highest BCUT2D eigenvalue weighted by Crippen LogP contribution is 2.23. The molecule has 6 heteroatoms. The molecule has 1 N–H and O–H groups in total. The maximum atomic E-state index is 12.1. The van der Waals surface area contributed by atoms with Gasteiger partial charge in [-0.2, -0.15) is 11.3 Å². The van der Waals surface area contributed by atoms with Gasteiger partial charge in [0.25, 0.3) is 0 Å². The van der Waals surface area contributed by atoms with Gasteiger partial charge in [0, 0.05) is 20.0 Å². The number of benzene rings is 2. The van der Waals surface area contributed by atoms with Crippen molar-refractivity contribution >= 4 is 23.2 Å². The Kier molecular flexibility index (Phi) is 8.68. The predicted molar refractivity (Wildman–Crippen MR) is 130 cm³/mol. The largest absolute Gasteiger partial charge is 0.489 e. The van der Waals surface area contributed by atoms with Crippen LogP contribution < -0.4 is 4.74 Å². The third kappa shape index (κ3) is 7.51. The number of nitrogens with zero attached hydrogens (tertiary/aromatic N) is 1. The van der Waals surface area contributed by atoms with Crippen molar-refractivity contribution in [1.29, 1.82) is 0 Å². The molecular weight excluding hydrogens is 434 g/mol. The third-order valence-electron chi connectivity index (χ3n) is 5.15. The van der Waals surface area contributed by atoms with Gasteiger partial charge in [-0.25, -0.2) is 0 Å². The molecule has 0 radical (unpaired) electrons. The molecule has 1 heterocycles. The smallest absolute Gasteiger partial charge is 0.304 e. The number of thiophene rings is 1. The maximum absolute atomic E-state index is 12.1. The van der Waals surface area contributed by atoms with Gasteiger partial charge < -0.3 is 14.7 Å². The molecule has 0 bridgehead atoms. The number of carbonyl (C=O) groups excluding carboxylic acids is 1. The molecule has 170 valence electrons. The highest BCUT2D eigenvalue weighted by molar-refractivity contribution is 7.07. The van der Waals surface area contributed by atoms with E-state index in [0.717, 1.165) is 22.3 Å². The lowest BCUT2D eigenvalue weighted by atomic mass is 9.96. The first-order valence-electron chi connectivity index (χ1n) is 10.7. The standard InChI is InChI=1S/C27H27NO4S/c1-3-5-25(15-27(30)31)24-8-10-26(11-9-24)32-18-22-7-4-6-21(14-22)16-28(20(2)29)17-23-12-13-33-19-23/h4,6-14,19,25H,15-18H2,1-2H3,(H,30,31)/t25-/m0/s1. The predicted octanol–water partition coefficient (Wildman–Crippen LogP) is 5.46. The molecule has 0 fully saturated rings. The first-order valence-corrected chi connectivity index (χ1v) is 11.6. The number of carboxylic acids is 1. The summed E-state index contributed by atoms with van der Waals surface area (Å²) in [6.07, 6.45) is -0.0302. The van der Waals surface area contributed by atoms with E-state index in [1.807, 2.05) is 58.8 Å². The second-order valence-corrected chi connectivity index (χ2v) is 8.51. The van der Waals surface area contributed by atoms with Gasteiger partial charge in [0.1, 0.15) is 12.4 Å². The average molecular weight is 462 g/mol. The number of ether oxygens (including phenoxy) is 1. The molecule has 33 heavy (non-hydrogen) atoms. The fraction of sp³-hybridized carbons (Fsp3) is 0.259. The Morgan fingerprint density at radius 2 is 1.79 bits per heavy atom. The lowest BCUT2D eigenvalue weighted by Crippen LogP contribution is -2.27. The highest BCUT2D eigenvalue weighted by atomic mass is 32.1. The molecule has 1 atom stereocenters. The molecule has 2 aromatic carbocycles. The van der Waals surface area contributed by atoms with Gasteiger partial charge in [-0.1, -0.05) is 42.3 Å². The van der Waals surface area contributed by atoms with Crippen LogP contribution in [0.5, 0.6) is 5.75 Å². The molecule has 1 aromatic heterocycles. The van der Waals surface area contributed by atoms with E-state index < -0.39 is 5.97 Å². The van der Waals surface area contributed by atoms with Crippen molar-refractivity contribution < 1.29 is 19.4 Å². The van der Waals surface area contributed by atoms with Crippen LogP contribution in [0, 0.1) is 11.8 Å². The van der Waals surface area contributed by atoms with Crippen LogP contribution in [0.1, 0.15) is 48.4 Å². The lowest BCUT2D eigenvalue weighted by molar-refractivity contribution is -0.137. The van der Waals surface area contributed by atoms with E-state index in [1.54, 1.807) is 25.2 Å². The molecule has 5 nitrogen and oxygen atoms in total. The summed E-state index contributed by atoms with van der Waals surface area (Å²) >= 11 is 1.63. The molecule has 0 aliphatic carbocycles. The second kappa shape index (κ2) is 11.9.